The van der Waals surface area contributed by atoms with Gasteiger partial charge in [-0.3, -0.25) is 4.79 Å². The van der Waals surface area contributed by atoms with Crippen LogP contribution in [0.25, 0.3) is 0 Å². The average molecular weight is 293 g/mol. The summed E-state index contributed by atoms with van der Waals surface area (Å²) in [4.78, 5) is 15.9. The van der Waals surface area contributed by atoms with Gasteiger partial charge in [0.1, 0.15) is 5.82 Å². The van der Waals surface area contributed by atoms with Crippen LogP contribution in [0.1, 0.15) is 19.8 Å². The molecule has 21 heavy (non-hydrogen) atoms. The quantitative estimate of drug-likeness (QED) is 0.813. The van der Waals surface area contributed by atoms with Gasteiger partial charge in [-0.15, -0.1) is 0 Å². The minimum absolute atomic E-state index is 0.138. The van der Waals surface area contributed by atoms with Gasteiger partial charge in [0, 0.05) is 26.2 Å². The summed E-state index contributed by atoms with van der Waals surface area (Å²) in [6.45, 7) is 6.09. The second kappa shape index (κ2) is 7.98. The van der Waals surface area contributed by atoms with Gasteiger partial charge >= 0.3 is 0 Å². The monoisotopic (exact) mass is 293 g/mol. The molecule has 4 nitrogen and oxygen atoms in total. The molecule has 1 saturated heterocycles. The van der Waals surface area contributed by atoms with Crippen LogP contribution < -0.4 is 10.2 Å². The summed E-state index contributed by atoms with van der Waals surface area (Å²) in [6, 6.07) is 6.80. The zero-order chi connectivity index (χ0) is 15.1. The molecule has 0 atom stereocenters. The lowest BCUT2D eigenvalue weighted by Gasteiger charge is -2.36. The van der Waals surface area contributed by atoms with Crippen LogP contribution in [0.2, 0.25) is 0 Å². The Hall–Kier alpha value is -1.62. The molecule has 0 spiro atoms. The van der Waals surface area contributed by atoms with Crippen molar-refractivity contribution in [2.24, 2.45) is 0 Å². The van der Waals surface area contributed by atoms with Crippen LogP contribution >= 0.6 is 0 Å². The Kier molecular flexibility index (Phi) is 5.99. The molecule has 1 aliphatic heterocycles. The number of rotatable bonds is 6. The van der Waals surface area contributed by atoms with E-state index in [-0.39, 0.29) is 11.7 Å². The number of hydrogen-bond acceptors (Lipinski definition) is 3. The third kappa shape index (κ3) is 4.43. The number of anilines is 1. The fraction of sp³-hybridized carbons (Fsp3) is 0.562. The van der Waals surface area contributed by atoms with E-state index in [0.29, 0.717) is 38.4 Å². The first kappa shape index (κ1) is 15.8. The molecule has 1 heterocycles. The number of piperazine rings is 1. The molecule has 1 aromatic rings. The molecule has 5 heteroatoms. The molecule has 1 aliphatic rings. The number of nitrogens with zero attached hydrogens (tertiary/aromatic N) is 2. The Bertz CT molecular complexity index is 459. The number of para-hydroxylation sites is 1. The summed E-state index contributed by atoms with van der Waals surface area (Å²) >= 11 is 0. The summed E-state index contributed by atoms with van der Waals surface area (Å²) in [5, 5.41) is 3.17. The van der Waals surface area contributed by atoms with E-state index in [9.17, 15) is 9.18 Å². The first-order valence-electron chi connectivity index (χ1n) is 7.70. The summed E-state index contributed by atoms with van der Waals surface area (Å²) < 4.78 is 13.7. The first-order valence-corrected chi connectivity index (χ1v) is 7.70. The number of carbonyl (C=O) groups excluding carboxylic acids is 1. The maximum atomic E-state index is 13.7. The van der Waals surface area contributed by atoms with Crippen LogP contribution in [0, 0.1) is 5.82 Å². The number of hydrogen-bond donors (Lipinski definition) is 1. The van der Waals surface area contributed by atoms with E-state index < -0.39 is 0 Å². The maximum absolute atomic E-state index is 13.7. The van der Waals surface area contributed by atoms with Crippen molar-refractivity contribution in [1.82, 2.24) is 10.2 Å². The van der Waals surface area contributed by atoms with Gasteiger partial charge in [0.2, 0.25) is 5.91 Å². The summed E-state index contributed by atoms with van der Waals surface area (Å²) in [5.74, 6) is -0.0576. The van der Waals surface area contributed by atoms with Crippen molar-refractivity contribution in [3.8, 4) is 0 Å². The fourth-order valence-corrected chi connectivity index (χ4v) is 2.51. The highest BCUT2D eigenvalue weighted by Crippen LogP contribution is 2.19. The number of halogens is 1. The molecule has 0 aromatic heterocycles. The van der Waals surface area contributed by atoms with Crippen molar-refractivity contribution >= 4 is 11.6 Å². The normalized spacial score (nSPS) is 15.3. The van der Waals surface area contributed by atoms with Gasteiger partial charge in [-0.2, -0.15) is 0 Å². The highest BCUT2D eigenvalue weighted by Gasteiger charge is 2.22. The fourth-order valence-electron chi connectivity index (χ4n) is 2.51. The molecule has 0 unspecified atom stereocenters. The van der Waals surface area contributed by atoms with E-state index in [1.807, 2.05) is 15.9 Å². The van der Waals surface area contributed by atoms with Gasteiger partial charge < -0.3 is 15.1 Å². The Labute approximate surface area is 125 Å². The number of benzene rings is 1. The van der Waals surface area contributed by atoms with Crippen molar-refractivity contribution in [2.75, 3.05) is 44.2 Å². The largest absolute Gasteiger partial charge is 0.366 e. The molecular formula is C16H24FN3O. The SMILES string of the molecule is CCCCNCC(=O)N1CCN(c2ccccc2F)CC1. The maximum Gasteiger partial charge on any atom is 0.236 e. The van der Waals surface area contributed by atoms with Gasteiger partial charge in [0.15, 0.2) is 0 Å². The molecule has 1 fully saturated rings. The summed E-state index contributed by atoms with van der Waals surface area (Å²) in [7, 11) is 0. The van der Waals surface area contributed by atoms with Crippen molar-refractivity contribution in [2.45, 2.75) is 19.8 Å². The van der Waals surface area contributed by atoms with Crippen LogP contribution in [-0.2, 0) is 4.79 Å². The Morgan fingerprint density at radius 3 is 2.62 bits per heavy atom. The van der Waals surface area contributed by atoms with E-state index in [1.165, 1.54) is 6.07 Å². The third-order valence-electron chi connectivity index (χ3n) is 3.81. The second-order valence-corrected chi connectivity index (χ2v) is 5.35. The van der Waals surface area contributed by atoms with Gasteiger partial charge in [-0.25, -0.2) is 4.39 Å². The van der Waals surface area contributed by atoms with Crippen molar-refractivity contribution in [3.05, 3.63) is 30.1 Å². The average Bonchev–Trinajstić information content (AvgIpc) is 2.52. The molecule has 0 bridgehead atoms. The molecule has 0 aliphatic carbocycles. The Morgan fingerprint density at radius 1 is 1.24 bits per heavy atom. The van der Waals surface area contributed by atoms with Crippen molar-refractivity contribution in [1.29, 1.82) is 0 Å². The smallest absolute Gasteiger partial charge is 0.236 e. The minimum Gasteiger partial charge on any atom is -0.366 e. The zero-order valence-corrected chi connectivity index (χ0v) is 12.6. The van der Waals surface area contributed by atoms with E-state index in [2.05, 4.69) is 12.2 Å². The Balaban J connectivity index is 1.78. The van der Waals surface area contributed by atoms with E-state index in [4.69, 9.17) is 0 Å². The van der Waals surface area contributed by atoms with Gasteiger partial charge in [-0.1, -0.05) is 25.5 Å². The van der Waals surface area contributed by atoms with Crippen LogP contribution in [0.15, 0.2) is 24.3 Å². The number of nitrogens with one attached hydrogen (secondary N) is 1. The predicted molar refractivity (Wildman–Crippen MR) is 83.0 cm³/mol. The predicted octanol–water partition coefficient (Wildman–Crippen LogP) is 1.86. The standard InChI is InChI=1S/C16H24FN3O/c1-2-3-8-18-13-16(21)20-11-9-19(10-12-20)15-7-5-4-6-14(15)17/h4-7,18H,2-3,8-13H2,1H3. The topological polar surface area (TPSA) is 35.6 Å². The lowest BCUT2D eigenvalue weighted by atomic mass is 10.2. The minimum atomic E-state index is -0.196. The van der Waals surface area contributed by atoms with E-state index >= 15 is 0 Å². The van der Waals surface area contributed by atoms with Gasteiger partial charge in [0.25, 0.3) is 0 Å². The van der Waals surface area contributed by atoms with Crippen LogP contribution in [0.4, 0.5) is 10.1 Å². The molecule has 0 saturated carbocycles. The molecule has 1 N–H and O–H groups in total. The third-order valence-corrected chi connectivity index (χ3v) is 3.81. The molecule has 116 valence electrons. The van der Waals surface area contributed by atoms with Crippen LogP contribution in [0.3, 0.4) is 0 Å². The van der Waals surface area contributed by atoms with Gasteiger partial charge in [0.05, 0.1) is 12.2 Å². The highest BCUT2D eigenvalue weighted by molar-refractivity contribution is 5.78. The summed E-state index contributed by atoms with van der Waals surface area (Å²) in [5.41, 5.74) is 0.630. The van der Waals surface area contributed by atoms with E-state index in [1.54, 1.807) is 12.1 Å². The highest BCUT2D eigenvalue weighted by atomic mass is 19.1. The lowest BCUT2D eigenvalue weighted by Crippen LogP contribution is -2.51. The van der Waals surface area contributed by atoms with Crippen molar-refractivity contribution in [3.63, 3.8) is 0 Å². The lowest BCUT2D eigenvalue weighted by molar-refractivity contribution is -0.130. The van der Waals surface area contributed by atoms with Crippen LogP contribution in [0.5, 0.6) is 0 Å². The van der Waals surface area contributed by atoms with Crippen molar-refractivity contribution < 1.29 is 9.18 Å². The Morgan fingerprint density at radius 2 is 1.95 bits per heavy atom. The first-order chi connectivity index (χ1) is 10.2. The number of amides is 1. The summed E-state index contributed by atoms with van der Waals surface area (Å²) in [6.07, 6.45) is 2.22. The van der Waals surface area contributed by atoms with Crippen LogP contribution in [-0.4, -0.2) is 50.1 Å². The molecule has 2 rings (SSSR count). The molecule has 1 amide bonds. The molecule has 1 aromatic carbocycles. The second-order valence-electron chi connectivity index (χ2n) is 5.35. The van der Waals surface area contributed by atoms with E-state index in [0.717, 1.165) is 19.4 Å². The molecular weight excluding hydrogens is 269 g/mol. The molecule has 0 radical (unpaired) electrons. The number of unbranched alkanes of at least 4 members (excludes halogenated alkanes) is 1. The van der Waals surface area contributed by atoms with Gasteiger partial charge in [-0.05, 0) is 25.1 Å². The number of carbonyl (C=O) groups is 1. The zero-order valence-electron chi connectivity index (χ0n) is 12.6.